The molecule has 9 nitrogen and oxygen atoms in total. The summed E-state index contributed by atoms with van der Waals surface area (Å²) in [5.41, 5.74) is 2.04. The van der Waals surface area contributed by atoms with Crippen LogP contribution in [0, 0.1) is 21.4 Å². The smallest absolute Gasteiger partial charge is 0.291 e. The molecule has 0 fully saturated rings. The summed E-state index contributed by atoms with van der Waals surface area (Å²) in [5, 5.41) is 23.6. The molecule has 170 valence electrons. The summed E-state index contributed by atoms with van der Waals surface area (Å²) in [6.45, 7) is 2.15. The first-order chi connectivity index (χ1) is 15.9. The van der Waals surface area contributed by atoms with E-state index in [9.17, 15) is 20.2 Å². The van der Waals surface area contributed by atoms with Crippen molar-refractivity contribution in [3.63, 3.8) is 0 Å². The van der Waals surface area contributed by atoms with Gasteiger partial charge in [0.2, 0.25) is 11.8 Å². The van der Waals surface area contributed by atoms with Crippen LogP contribution in [0.15, 0.2) is 53.1 Å². The highest BCUT2D eigenvalue weighted by Gasteiger charge is 2.29. The van der Waals surface area contributed by atoms with E-state index in [2.05, 4.69) is 32.3 Å². The average molecular weight is 512 g/mol. The van der Waals surface area contributed by atoms with Crippen molar-refractivity contribution in [3.05, 3.63) is 80.2 Å². The van der Waals surface area contributed by atoms with E-state index < -0.39 is 10.8 Å². The van der Waals surface area contributed by atoms with E-state index in [0.29, 0.717) is 18.5 Å². The van der Waals surface area contributed by atoms with Crippen molar-refractivity contribution in [3.8, 4) is 17.6 Å². The molecule has 0 bridgehead atoms. The van der Waals surface area contributed by atoms with Gasteiger partial charge < -0.3 is 14.6 Å². The molecule has 0 aliphatic carbocycles. The van der Waals surface area contributed by atoms with Gasteiger partial charge in [0.05, 0.1) is 18.0 Å². The topological polar surface area (TPSA) is 123 Å². The Hall–Kier alpha value is -3.71. The molecule has 0 spiro atoms. The molecule has 10 heteroatoms. The molecule has 1 N–H and O–H groups in total. The second kappa shape index (κ2) is 10.7. The lowest BCUT2D eigenvalue weighted by Gasteiger charge is -2.16. The Morgan fingerprint density at radius 2 is 2.06 bits per heavy atom. The third kappa shape index (κ3) is 5.56. The van der Waals surface area contributed by atoms with Crippen LogP contribution in [0.25, 0.3) is 5.69 Å². The van der Waals surface area contributed by atoms with Crippen molar-refractivity contribution >= 4 is 27.5 Å². The monoisotopic (exact) mass is 511 g/mol. The number of methoxy groups -OCH3 is 1. The normalized spacial score (nSPS) is 11.5. The van der Waals surface area contributed by atoms with Gasteiger partial charge in [-0.15, -0.1) is 0 Å². The van der Waals surface area contributed by atoms with Gasteiger partial charge >= 0.3 is 0 Å². The van der Waals surface area contributed by atoms with Crippen molar-refractivity contribution in [2.75, 3.05) is 7.11 Å². The third-order valence-electron chi connectivity index (χ3n) is 5.09. The molecule has 1 aromatic carbocycles. The van der Waals surface area contributed by atoms with Gasteiger partial charge in [-0.2, -0.15) is 5.26 Å². The molecule has 1 atom stereocenters. The first kappa shape index (κ1) is 23.9. The molecular formula is C23H22BrN5O4. The fraction of sp³-hybridized carbons (Fsp3) is 0.261. The number of nitrogens with zero attached hydrogens (tertiary/aromatic N) is 4. The lowest BCUT2D eigenvalue weighted by Crippen LogP contribution is -2.30. The maximum Gasteiger partial charge on any atom is 0.291 e. The molecular weight excluding hydrogens is 490 g/mol. The van der Waals surface area contributed by atoms with Crippen LogP contribution in [0.2, 0.25) is 0 Å². The van der Waals surface area contributed by atoms with Crippen LogP contribution in [-0.2, 0) is 11.3 Å². The highest BCUT2D eigenvalue weighted by Crippen LogP contribution is 2.30. The summed E-state index contributed by atoms with van der Waals surface area (Å²) in [5.74, 6) is -0.903. The Bertz CT molecular complexity index is 1200. The molecule has 3 rings (SSSR count). The van der Waals surface area contributed by atoms with E-state index in [-0.39, 0.29) is 29.7 Å². The molecule has 3 aromatic rings. The van der Waals surface area contributed by atoms with Crippen molar-refractivity contribution in [2.45, 2.75) is 32.2 Å². The number of amides is 1. The number of carbonyl (C=O) groups is 1. The summed E-state index contributed by atoms with van der Waals surface area (Å²) in [4.78, 5) is 28.2. The van der Waals surface area contributed by atoms with Crippen LogP contribution >= 0.6 is 15.9 Å². The van der Waals surface area contributed by atoms with E-state index in [0.717, 1.165) is 15.7 Å². The van der Waals surface area contributed by atoms with Crippen LogP contribution < -0.4 is 10.1 Å². The standard InChI is InChI=1S/C23H22BrN5O4/c1-3-4-19(22-20(29(31)32)9-10-21(27-22)33-2)23(30)26-13-15-5-7-17(8-6-15)28-14-16(24)11-18(28)12-25/h5-11,14,19H,3-4,13H2,1-2H3,(H,26,30). The molecule has 33 heavy (non-hydrogen) atoms. The van der Waals surface area contributed by atoms with Gasteiger partial charge in [-0.05, 0) is 46.1 Å². The van der Waals surface area contributed by atoms with Crippen LogP contribution in [0.5, 0.6) is 5.88 Å². The zero-order valence-electron chi connectivity index (χ0n) is 18.1. The lowest BCUT2D eigenvalue weighted by atomic mass is 9.96. The number of nitriles is 1. The maximum absolute atomic E-state index is 13.0. The number of benzene rings is 1. The van der Waals surface area contributed by atoms with Crippen LogP contribution in [0.1, 0.15) is 42.6 Å². The number of nitrogens with one attached hydrogen (secondary N) is 1. The first-order valence-electron chi connectivity index (χ1n) is 10.2. The Morgan fingerprint density at radius 3 is 2.67 bits per heavy atom. The van der Waals surface area contributed by atoms with Crippen LogP contribution in [0.4, 0.5) is 5.69 Å². The molecule has 0 saturated carbocycles. The highest BCUT2D eigenvalue weighted by molar-refractivity contribution is 9.10. The largest absolute Gasteiger partial charge is 0.481 e. The Labute approximate surface area is 199 Å². The minimum absolute atomic E-state index is 0.0938. The quantitative estimate of drug-likeness (QED) is 0.330. The van der Waals surface area contributed by atoms with Gasteiger partial charge in [-0.25, -0.2) is 4.98 Å². The van der Waals surface area contributed by atoms with Crippen molar-refractivity contribution < 1.29 is 14.5 Å². The van der Waals surface area contributed by atoms with E-state index in [1.54, 1.807) is 16.8 Å². The Balaban J connectivity index is 1.77. The van der Waals surface area contributed by atoms with E-state index in [1.807, 2.05) is 31.2 Å². The zero-order chi connectivity index (χ0) is 24.0. The fourth-order valence-corrected chi connectivity index (χ4v) is 3.89. The van der Waals surface area contributed by atoms with Gasteiger partial charge in [-0.1, -0.05) is 25.5 Å². The minimum Gasteiger partial charge on any atom is -0.481 e. The van der Waals surface area contributed by atoms with Gasteiger partial charge in [0, 0.05) is 35.0 Å². The Kier molecular flexibility index (Phi) is 7.79. The minimum atomic E-state index is -0.778. The van der Waals surface area contributed by atoms with E-state index in [4.69, 9.17) is 4.74 Å². The summed E-state index contributed by atoms with van der Waals surface area (Å²) < 4.78 is 7.67. The SMILES string of the molecule is CCCC(C(=O)NCc1ccc(-n2cc(Br)cc2C#N)cc1)c1nc(OC)ccc1[N+](=O)[O-]. The molecule has 1 amide bonds. The van der Waals surface area contributed by atoms with Gasteiger partial charge in [0.1, 0.15) is 17.5 Å². The summed E-state index contributed by atoms with van der Waals surface area (Å²) in [6.07, 6.45) is 2.86. The van der Waals surface area contributed by atoms with Gasteiger partial charge in [0.25, 0.3) is 5.69 Å². The number of ether oxygens (including phenoxy) is 1. The number of nitro groups is 1. The number of carbonyl (C=O) groups excluding carboxylic acids is 1. The second-order valence-electron chi connectivity index (χ2n) is 7.27. The molecule has 2 heterocycles. The van der Waals surface area contributed by atoms with Crippen LogP contribution in [0.3, 0.4) is 0 Å². The summed E-state index contributed by atoms with van der Waals surface area (Å²) in [7, 11) is 1.42. The predicted octanol–water partition coefficient (Wildman–Crippen LogP) is 4.62. The molecule has 0 aliphatic heterocycles. The number of pyridine rings is 1. The first-order valence-corrected chi connectivity index (χ1v) is 11.0. The van der Waals surface area contributed by atoms with Crippen molar-refractivity contribution in [1.29, 1.82) is 5.26 Å². The fourth-order valence-electron chi connectivity index (χ4n) is 3.47. The molecule has 2 aromatic heterocycles. The lowest BCUT2D eigenvalue weighted by molar-refractivity contribution is -0.386. The van der Waals surface area contributed by atoms with Gasteiger partial charge in [0.15, 0.2) is 0 Å². The number of hydrogen-bond acceptors (Lipinski definition) is 6. The predicted molar refractivity (Wildman–Crippen MR) is 125 cm³/mol. The van der Waals surface area contributed by atoms with Crippen molar-refractivity contribution in [1.82, 2.24) is 14.9 Å². The molecule has 0 aliphatic rings. The molecule has 0 saturated heterocycles. The number of rotatable bonds is 9. The summed E-state index contributed by atoms with van der Waals surface area (Å²) >= 11 is 3.37. The van der Waals surface area contributed by atoms with Gasteiger partial charge in [-0.3, -0.25) is 14.9 Å². The summed E-state index contributed by atoms with van der Waals surface area (Å²) in [6, 6.07) is 14.0. The zero-order valence-corrected chi connectivity index (χ0v) is 19.7. The number of hydrogen-bond donors (Lipinski definition) is 1. The third-order valence-corrected chi connectivity index (χ3v) is 5.52. The highest BCUT2D eigenvalue weighted by atomic mass is 79.9. The van der Waals surface area contributed by atoms with E-state index >= 15 is 0 Å². The molecule has 0 radical (unpaired) electrons. The van der Waals surface area contributed by atoms with Crippen LogP contribution in [-0.4, -0.2) is 27.5 Å². The maximum atomic E-state index is 13.0. The molecule has 1 unspecified atom stereocenters. The Morgan fingerprint density at radius 1 is 1.33 bits per heavy atom. The van der Waals surface area contributed by atoms with E-state index in [1.165, 1.54) is 19.2 Å². The van der Waals surface area contributed by atoms with Crippen molar-refractivity contribution in [2.24, 2.45) is 0 Å². The number of aromatic nitrogens is 2. The second-order valence-corrected chi connectivity index (χ2v) is 8.18. The number of halogens is 1. The average Bonchev–Trinajstić information content (AvgIpc) is 3.21.